The molecule has 0 radical (unpaired) electrons. The van der Waals surface area contributed by atoms with Gasteiger partial charge in [0.2, 0.25) is 0 Å². The van der Waals surface area contributed by atoms with E-state index in [9.17, 15) is 14.4 Å². The normalized spacial score (nSPS) is 15.9. The summed E-state index contributed by atoms with van der Waals surface area (Å²) >= 11 is 0. The Kier molecular flexibility index (Phi) is 6.39. The molecule has 9 heteroatoms. The predicted octanol–water partition coefficient (Wildman–Crippen LogP) is 0.379. The summed E-state index contributed by atoms with van der Waals surface area (Å²) in [6.45, 7) is 8.10. The molecular formula is C20H29N5O4. The van der Waals surface area contributed by atoms with Crippen molar-refractivity contribution in [3.63, 3.8) is 0 Å². The van der Waals surface area contributed by atoms with Gasteiger partial charge in [0.05, 0.1) is 19.4 Å². The van der Waals surface area contributed by atoms with E-state index < -0.39 is 11.2 Å². The van der Waals surface area contributed by atoms with Crippen molar-refractivity contribution in [1.29, 1.82) is 0 Å². The zero-order chi connectivity index (χ0) is 21.1. The van der Waals surface area contributed by atoms with Crippen LogP contribution < -0.4 is 17.0 Å². The van der Waals surface area contributed by atoms with Gasteiger partial charge in [0.25, 0.3) is 5.56 Å². The van der Waals surface area contributed by atoms with Crippen LogP contribution in [0.25, 0.3) is 0 Å². The Morgan fingerprint density at radius 1 is 1.17 bits per heavy atom. The van der Waals surface area contributed by atoms with E-state index in [0.717, 1.165) is 30.0 Å². The monoisotopic (exact) mass is 403 g/mol. The molecule has 0 spiro atoms. The van der Waals surface area contributed by atoms with Crippen molar-refractivity contribution in [1.82, 2.24) is 18.9 Å². The molecule has 0 saturated carbocycles. The third-order valence-electron chi connectivity index (χ3n) is 5.20. The second kappa shape index (κ2) is 8.79. The van der Waals surface area contributed by atoms with Crippen LogP contribution in [0.5, 0.6) is 0 Å². The zero-order valence-corrected chi connectivity index (χ0v) is 17.3. The minimum Gasteiger partial charge on any atom is -0.468 e. The van der Waals surface area contributed by atoms with Gasteiger partial charge in [-0.3, -0.25) is 28.5 Å². The van der Waals surface area contributed by atoms with Gasteiger partial charge in [0.1, 0.15) is 17.1 Å². The summed E-state index contributed by atoms with van der Waals surface area (Å²) in [5, 5.41) is 0. The first-order valence-corrected chi connectivity index (χ1v) is 9.87. The number of anilines is 1. The molecule has 1 aliphatic rings. The molecule has 2 aromatic heterocycles. The number of nitrogen functional groups attached to an aromatic ring is 1. The molecule has 1 saturated heterocycles. The average Bonchev–Trinajstić information content (AvgIpc) is 3.18. The Hall–Kier alpha value is -2.65. The molecule has 3 heterocycles. The molecule has 1 aliphatic heterocycles. The number of hydrogen-bond acceptors (Lipinski definition) is 7. The highest BCUT2D eigenvalue weighted by molar-refractivity contribution is 6.01. The average molecular weight is 403 g/mol. The molecule has 0 bridgehead atoms. The lowest BCUT2D eigenvalue weighted by molar-refractivity contribution is 0.0831. The number of rotatable bonds is 7. The highest BCUT2D eigenvalue weighted by atomic mass is 16.3. The van der Waals surface area contributed by atoms with Crippen molar-refractivity contribution in [2.24, 2.45) is 13.0 Å². The van der Waals surface area contributed by atoms with Crippen LogP contribution in [0.15, 0.2) is 32.4 Å². The number of Topliss-reactive ketones (excluding diaryl/α,β-unsaturated/α-hetero) is 1. The van der Waals surface area contributed by atoms with Gasteiger partial charge in [-0.1, -0.05) is 13.8 Å². The van der Waals surface area contributed by atoms with E-state index in [1.165, 1.54) is 11.6 Å². The molecule has 0 unspecified atom stereocenters. The molecule has 1 fully saturated rings. The van der Waals surface area contributed by atoms with Crippen LogP contribution in [0, 0.1) is 5.92 Å². The van der Waals surface area contributed by atoms with Crippen molar-refractivity contribution in [3.8, 4) is 0 Å². The number of piperazine rings is 1. The number of carbonyl (C=O) groups is 1. The third-order valence-corrected chi connectivity index (χ3v) is 5.20. The number of hydrogen-bond donors (Lipinski definition) is 1. The van der Waals surface area contributed by atoms with Gasteiger partial charge in [-0.05, 0) is 18.1 Å². The van der Waals surface area contributed by atoms with Crippen LogP contribution in [-0.2, 0) is 20.1 Å². The quantitative estimate of drug-likeness (QED) is 0.666. The first kappa shape index (κ1) is 21.1. The predicted molar refractivity (Wildman–Crippen MR) is 110 cm³/mol. The van der Waals surface area contributed by atoms with E-state index in [1.807, 2.05) is 30.9 Å². The number of furan rings is 1. The molecule has 9 nitrogen and oxygen atoms in total. The Labute approximate surface area is 169 Å². The van der Waals surface area contributed by atoms with Crippen LogP contribution >= 0.6 is 0 Å². The van der Waals surface area contributed by atoms with Gasteiger partial charge >= 0.3 is 5.69 Å². The first-order valence-electron chi connectivity index (χ1n) is 9.87. The van der Waals surface area contributed by atoms with Crippen LogP contribution in [0.3, 0.4) is 0 Å². The molecular weight excluding hydrogens is 374 g/mol. The van der Waals surface area contributed by atoms with E-state index in [-0.39, 0.29) is 29.6 Å². The Bertz CT molecular complexity index is 966. The van der Waals surface area contributed by atoms with Gasteiger partial charge in [-0.15, -0.1) is 0 Å². The smallest absolute Gasteiger partial charge is 0.332 e. The maximum absolute atomic E-state index is 12.9. The molecule has 0 aromatic carbocycles. The Balaban J connectivity index is 1.70. The highest BCUT2D eigenvalue weighted by Gasteiger charge is 2.25. The molecule has 0 amide bonds. The fourth-order valence-corrected chi connectivity index (χ4v) is 3.60. The lowest BCUT2D eigenvalue weighted by atomic mass is 10.1. The van der Waals surface area contributed by atoms with Crippen LogP contribution in [0.4, 0.5) is 5.82 Å². The van der Waals surface area contributed by atoms with Crippen molar-refractivity contribution in [2.75, 3.05) is 38.5 Å². The summed E-state index contributed by atoms with van der Waals surface area (Å²) in [4.78, 5) is 42.1. The highest BCUT2D eigenvalue weighted by Crippen LogP contribution is 2.12. The lowest BCUT2D eigenvalue weighted by Gasteiger charge is -2.33. The van der Waals surface area contributed by atoms with Crippen molar-refractivity contribution in [2.45, 2.75) is 26.9 Å². The Morgan fingerprint density at radius 3 is 2.41 bits per heavy atom. The SMILES string of the molecule is CC(C)Cn1c(N)c(C(=O)CN2CCN(Cc3ccco3)CC2)c(=O)n(C)c1=O. The fraction of sp³-hybridized carbons (Fsp3) is 0.550. The van der Waals surface area contributed by atoms with E-state index in [1.54, 1.807) is 6.26 Å². The second-order valence-corrected chi connectivity index (χ2v) is 7.97. The maximum atomic E-state index is 12.9. The minimum absolute atomic E-state index is 0.0340. The first-order chi connectivity index (χ1) is 13.8. The summed E-state index contributed by atoms with van der Waals surface area (Å²) < 4.78 is 7.67. The topological polar surface area (TPSA) is 107 Å². The van der Waals surface area contributed by atoms with Crippen molar-refractivity contribution < 1.29 is 9.21 Å². The molecule has 158 valence electrons. The van der Waals surface area contributed by atoms with E-state index in [2.05, 4.69) is 4.90 Å². The molecule has 0 atom stereocenters. The van der Waals surface area contributed by atoms with E-state index >= 15 is 0 Å². The van der Waals surface area contributed by atoms with Crippen molar-refractivity contribution >= 4 is 11.6 Å². The summed E-state index contributed by atoms with van der Waals surface area (Å²) in [7, 11) is 1.38. The van der Waals surface area contributed by atoms with Gasteiger partial charge in [-0.2, -0.15) is 0 Å². The summed E-state index contributed by atoms with van der Waals surface area (Å²) in [5.41, 5.74) is 4.88. The van der Waals surface area contributed by atoms with E-state index in [4.69, 9.17) is 10.2 Å². The number of aromatic nitrogens is 2. The van der Waals surface area contributed by atoms with E-state index in [0.29, 0.717) is 19.6 Å². The largest absolute Gasteiger partial charge is 0.468 e. The minimum atomic E-state index is -0.631. The van der Waals surface area contributed by atoms with Crippen LogP contribution in [-0.4, -0.2) is 57.4 Å². The van der Waals surface area contributed by atoms with Gasteiger partial charge in [-0.25, -0.2) is 4.79 Å². The number of nitrogens with zero attached hydrogens (tertiary/aromatic N) is 4. The Morgan fingerprint density at radius 2 is 1.83 bits per heavy atom. The van der Waals surface area contributed by atoms with Crippen molar-refractivity contribution in [3.05, 3.63) is 50.6 Å². The summed E-state index contributed by atoms with van der Waals surface area (Å²) in [6, 6.07) is 3.81. The summed E-state index contributed by atoms with van der Waals surface area (Å²) in [6.07, 6.45) is 1.66. The van der Waals surface area contributed by atoms with Crippen LogP contribution in [0.1, 0.15) is 30.0 Å². The van der Waals surface area contributed by atoms with Gasteiger partial charge in [0, 0.05) is 39.8 Å². The van der Waals surface area contributed by atoms with Gasteiger partial charge in [0.15, 0.2) is 5.78 Å². The second-order valence-electron chi connectivity index (χ2n) is 7.97. The third kappa shape index (κ3) is 4.68. The number of carbonyl (C=O) groups excluding carboxylic acids is 1. The molecule has 2 aromatic rings. The van der Waals surface area contributed by atoms with Gasteiger partial charge < -0.3 is 10.2 Å². The summed E-state index contributed by atoms with van der Waals surface area (Å²) in [5.74, 6) is 0.684. The molecule has 0 aliphatic carbocycles. The lowest BCUT2D eigenvalue weighted by Crippen LogP contribution is -2.49. The standard InChI is InChI=1S/C20H29N5O4/c1-14(2)11-25-18(21)17(19(27)22(3)20(25)28)16(26)13-24-8-6-23(7-9-24)12-15-5-4-10-29-15/h4-5,10,14H,6-9,11-13,21H2,1-3H3. The maximum Gasteiger partial charge on any atom is 0.332 e. The zero-order valence-electron chi connectivity index (χ0n) is 17.3. The fourth-order valence-electron chi connectivity index (χ4n) is 3.60. The molecule has 3 rings (SSSR count). The van der Waals surface area contributed by atoms with Crippen LogP contribution in [0.2, 0.25) is 0 Å². The molecule has 2 N–H and O–H groups in total. The number of ketones is 1. The molecule has 29 heavy (non-hydrogen) atoms. The number of nitrogens with two attached hydrogens (primary N) is 1.